The number of rotatable bonds is 4. The van der Waals surface area contributed by atoms with E-state index in [1.807, 2.05) is 23.1 Å². The fourth-order valence-electron chi connectivity index (χ4n) is 3.78. The highest BCUT2D eigenvalue weighted by Crippen LogP contribution is 2.30. The van der Waals surface area contributed by atoms with E-state index < -0.39 is 0 Å². The second-order valence-electron chi connectivity index (χ2n) is 7.01. The maximum atomic E-state index is 13.1. The van der Waals surface area contributed by atoms with Crippen LogP contribution in [-0.4, -0.2) is 22.0 Å². The van der Waals surface area contributed by atoms with Crippen molar-refractivity contribution in [2.45, 2.75) is 32.4 Å². The van der Waals surface area contributed by atoms with Gasteiger partial charge in [0.1, 0.15) is 0 Å². The topological polar surface area (TPSA) is 37.3 Å². The zero-order valence-electron chi connectivity index (χ0n) is 15.6. The van der Waals surface area contributed by atoms with Gasteiger partial charge in [-0.25, -0.2) is 4.79 Å². The lowest BCUT2D eigenvalue weighted by atomic mass is 10.0. The first-order valence-corrected chi connectivity index (χ1v) is 9.60. The Morgan fingerprint density at radius 2 is 1.74 bits per heavy atom. The molecule has 0 saturated carbocycles. The zero-order valence-corrected chi connectivity index (χ0v) is 15.6. The Morgan fingerprint density at radius 3 is 2.48 bits per heavy atom. The molecule has 2 aromatic carbocycles. The number of anilines is 1. The highest BCUT2D eigenvalue weighted by molar-refractivity contribution is 5.89. The minimum absolute atomic E-state index is 0.0334. The van der Waals surface area contributed by atoms with E-state index in [-0.39, 0.29) is 12.1 Å². The first-order chi connectivity index (χ1) is 13.2. The van der Waals surface area contributed by atoms with Crippen molar-refractivity contribution < 1.29 is 4.79 Å². The molecule has 0 fully saturated rings. The molecule has 1 aliphatic rings. The van der Waals surface area contributed by atoms with E-state index in [1.54, 1.807) is 0 Å². The van der Waals surface area contributed by atoms with Gasteiger partial charge in [-0.1, -0.05) is 49.4 Å². The molecule has 1 aliphatic heterocycles. The largest absolute Gasteiger partial charge is 0.348 e. The number of carbonyl (C=O) groups is 1. The molecule has 27 heavy (non-hydrogen) atoms. The van der Waals surface area contributed by atoms with Gasteiger partial charge in [0.2, 0.25) is 0 Å². The summed E-state index contributed by atoms with van der Waals surface area (Å²) in [6, 6.07) is 22.7. The van der Waals surface area contributed by atoms with Crippen LogP contribution >= 0.6 is 0 Å². The number of hydrogen-bond donors (Lipinski definition) is 1. The maximum Gasteiger partial charge on any atom is 0.322 e. The molecule has 1 N–H and O–H groups in total. The highest BCUT2D eigenvalue weighted by Gasteiger charge is 2.31. The van der Waals surface area contributed by atoms with E-state index in [1.165, 1.54) is 16.8 Å². The van der Waals surface area contributed by atoms with Crippen LogP contribution in [0.5, 0.6) is 0 Å². The minimum Gasteiger partial charge on any atom is -0.348 e. The number of nitrogens with zero attached hydrogens (tertiary/aromatic N) is 2. The van der Waals surface area contributed by atoms with E-state index in [4.69, 9.17) is 0 Å². The van der Waals surface area contributed by atoms with Crippen LogP contribution in [0, 0.1) is 0 Å². The molecule has 4 heteroatoms. The van der Waals surface area contributed by atoms with Crippen LogP contribution in [0.25, 0.3) is 0 Å². The van der Waals surface area contributed by atoms with Crippen molar-refractivity contribution in [1.82, 2.24) is 9.47 Å². The van der Waals surface area contributed by atoms with Crippen LogP contribution in [-0.2, 0) is 19.4 Å². The van der Waals surface area contributed by atoms with Gasteiger partial charge in [0.15, 0.2) is 0 Å². The van der Waals surface area contributed by atoms with Gasteiger partial charge in [0.25, 0.3) is 0 Å². The quantitative estimate of drug-likeness (QED) is 0.708. The summed E-state index contributed by atoms with van der Waals surface area (Å²) in [5.74, 6) is 0. The fourth-order valence-corrected chi connectivity index (χ4v) is 3.78. The fraction of sp³-hybridized carbons (Fsp3) is 0.261. The van der Waals surface area contributed by atoms with Crippen molar-refractivity contribution >= 4 is 11.7 Å². The lowest BCUT2D eigenvalue weighted by Gasteiger charge is -2.37. The molecule has 0 saturated heterocycles. The number of benzene rings is 2. The molecule has 4 rings (SSSR count). The predicted molar refractivity (Wildman–Crippen MR) is 109 cm³/mol. The third-order valence-corrected chi connectivity index (χ3v) is 5.31. The Morgan fingerprint density at radius 1 is 0.963 bits per heavy atom. The van der Waals surface area contributed by atoms with Gasteiger partial charge >= 0.3 is 6.03 Å². The van der Waals surface area contributed by atoms with Gasteiger partial charge < -0.3 is 14.8 Å². The van der Waals surface area contributed by atoms with E-state index in [0.717, 1.165) is 25.1 Å². The van der Waals surface area contributed by atoms with Crippen LogP contribution in [0.15, 0.2) is 72.9 Å². The highest BCUT2D eigenvalue weighted by atomic mass is 16.2. The van der Waals surface area contributed by atoms with Crippen molar-refractivity contribution in [2.75, 3.05) is 11.9 Å². The summed E-state index contributed by atoms with van der Waals surface area (Å²) in [7, 11) is 0. The van der Waals surface area contributed by atoms with Crippen LogP contribution in [0.1, 0.15) is 29.8 Å². The first kappa shape index (κ1) is 17.4. The van der Waals surface area contributed by atoms with Gasteiger partial charge in [-0.2, -0.15) is 0 Å². The third-order valence-electron chi connectivity index (χ3n) is 5.31. The number of urea groups is 1. The molecule has 4 nitrogen and oxygen atoms in total. The average Bonchev–Trinajstić information content (AvgIpc) is 3.19. The smallest absolute Gasteiger partial charge is 0.322 e. The Balaban J connectivity index is 1.56. The number of aryl methyl sites for hydroxylation is 1. The van der Waals surface area contributed by atoms with Crippen LogP contribution in [0.3, 0.4) is 0 Å². The van der Waals surface area contributed by atoms with Crippen LogP contribution in [0.2, 0.25) is 0 Å². The summed E-state index contributed by atoms with van der Waals surface area (Å²) in [5, 5.41) is 3.08. The summed E-state index contributed by atoms with van der Waals surface area (Å²) in [5.41, 5.74) is 4.55. The summed E-state index contributed by atoms with van der Waals surface area (Å²) in [6.07, 6.45) is 3.91. The molecule has 1 aromatic heterocycles. The maximum absolute atomic E-state index is 13.1. The number of nitrogens with one attached hydrogen (secondary N) is 1. The third kappa shape index (κ3) is 3.75. The van der Waals surface area contributed by atoms with Gasteiger partial charge in [-0.3, -0.25) is 0 Å². The second-order valence-corrected chi connectivity index (χ2v) is 7.01. The van der Waals surface area contributed by atoms with Gasteiger partial charge in [-0.05, 0) is 48.2 Å². The van der Waals surface area contributed by atoms with Crippen LogP contribution < -0.4 is 5.32 Å². The normalized spacial score (nSPS) is 16.0. The molecule has 138 valence electrons. The average molecular weight is 359 g/mol. The molecule has 2 amide bonds. The minimum atomic E-state index is -0.0346. The molecule has 0 radical (unpaired) electrons. The number of fused-ring (bicyclic) bond motifs is 1. The summed E-state index contributed by atoms with van der Waals surface area (Å²) < 4.78 is 2.26. The van der Waals surface area contributed by atoms with Crippen molar-refractivity contribution in [3.63, 3.8) is 0 Å². The van der Waals surface area contributed by atoms with E-state index in [2.05, 4.69) is 71.5 Å². The van der Waals surface area contributed by atoms with E-state index in [9.17, 15) is 4.79 Å². The molecule has 0 bridgehead atoms. The molecule has 0 aliphatic carbocycles. The SMILES string of the molecule is CCc1ccc(NC(=O)N2CCn3cccc3[C@@H]2Cc2ccccc2)cc1. The Hall–Kier alpha value is -3.01. The summed E-state index contributed by atoms with van der Waals surface area (Å²) in [6.45, 7) is 3.67. The number of hydrogen-bond acceptors (Lipinski definition) is 1. The monoisotopic (exact) mass is 359 g/mol. The van der Waals surface area contributed by atoms with E-state index in [0.29, 0.717) is 6.54 Å². The molecule has 0 spiro atoms. The lowest BCUT2D eigenvalue weighted by Crippen LogP contribution is -2.44. The number of aromatic nitrogens is 1. The van der Waals surface area contributed by atoms with Crippen molar-refractivity contribution in [2.24, 2.45) is 0 Å². The Labute approximate surface area is 160 Å². The zero-order chi connectivity index (χ0) is 18.6. The number of amides is 2. The van der Waals surface area contributed by atoms with Gasteiger partial charge in [-0.15, -0.1) is 0 Å². The second kappa shape index (κ2) is 7.70. The molecule has 3 aromatic rings. The molecule has 2 heterocycles. The lowest BCUT2D eigenvalue weighted by molar-refractivity contribution is 0.167. The molecular formula is C23H25N3O. The molecule has 1 atom stereocenters. The summed E-state index contributed by atoms with van der Waals surface area (Å²) >= 11 is 0. The van der Waals surface area contributed by atoms with Gasteiger partial charge in [0, 0.05) is 30.7 Å². The Kier molecular flexibility index (Phi) is 4.97. The van der Waals surface area contributed by atoms with Crippen molar-refractivity contribution in [3.8, 4) is 0 Å². The van der Waals surface area contributed by atoms with E-state index >= 15 is 0 Å². The first-order valence-electron chi connectivity index (χ1n) is 9.60. The predicted octanol–water partition coefficient (Wildman–Crippen LogP) is 4.88. The Bertz CT molecular complexity index is 899. The molecule has 0 unspecified atom stereocenters. The van der Waals surface area contributed by atoms with Crippen LogP contribution in [0.4, 0.5) is 10.5 Å². The van der Waals surface area contributed by atoms with Gasteiger partial charge in [0.05, 0.1) is 6.04 Å². The standard InChI is InChI=1S/C23H25N3O/c1-2-18-10-12-20(13-11-18)24-23(27)26-16-15-25-14-6-9-21(25)22(26)17-19-7-4-3-5-8-19/h3-14,22H,2,15-17H2,1H3,(H,24,27)/t22-/m0/s1. The number of carbonyl (C=O) groups excluding carboxylic acids is 1. The molecular weight excluding hydrogens is 334 g/mol. The van der Waals surface area contributed by atoms with Crippen molar-refractivity contribution in [1.29, 1.82) is 0 Å². The summed E-state index contributed by atoms with van der Waals surface area (Å²) in [4.78, 5) is 15.0. The van der Waals surface area contributed by atoms with Crippen molar-refractivity contribution in [3.05, 3.63) is 89.7 Å².